The van der Waals surface area contributed by atoms with Crippen LogP contribution < -0.4 is 5.32 Å². The summed E-state index contributed by atoms with van der Waals surface area (Å²) in [5.74, 6) is 3.13. The van der Waals surface area contributed by atoms with E-state index in [1.165, 1.54) is 38.5 Å². The summed E-state index contributed by atoms with van der Waals surface area (Å²) in [4.78, 5) is 0. The van der Waals surface area contributed by atoms with Crippen molar-refractivity contribution in [2.75, 3.05) is 6.54 Å². The second-order valence-electron chi connectivity index (χ2n) is 5.47. The van der Waals surface area contributed by atoms with Crippen LogP contribution in [0.5, 0.6) is 0 Å². The predicted octanol–water partition coefficient (Wildman–Crippen LogP) is 3.37. The third kappa shape index (κ3) is 2.63. The summed E-state index contributed by atoms with van der Waals surface area (Å²) >= 11 is 0. The highest BCUT2D eigenvalue weighted by atomic mass is 14.9. The quantitative estimate of drug-likeness (QED) is 0.658. The first kappa shape index (κ1) is 11.2. The summed E-state index contributed by atoms with van der Waals surface area (Å²) in [5.41, 5.74) is 0. The smallest absolute Gasteiger partial charge is 0.0250 e. The van der Waals surface area contributed by atoms with Crippen LogP contribution in [0.3, 0.4) is 0 Å². The van der Waals surface area contributed by atoms with Crippen LogP contribution in [-0.4, -0.2) is 12.6 Å². The maximum Gasteiger partial charge on any atom is 0.0250 e. The van der Waals surface area contributed by atoms with Gasteiger partial charge in [0, 0.05) is 6.04 Å². The van der Waals surface area contributed by atoms with E-state index in [-0.39, 0.29) is 0 Å². The topological polar surface area (TPSA) is 12.0 Å². The molecular formula is C14H25N. The molecule has 0 saturated heterocycles. The molecule has 1 heteroatoms. The zero-order valence-corrected chi connectivity index (χ0v) is 10.0. The van der Waals surface area contributed by atoms with Crippen LogP contribution in [0.4, 0.5) is 0 Å². The van der Waals surface area contributed by atoms with Crippen molar-refractivity contribution in [3.05, 3.63) is 12.7 Å². The lowest BCUT2D eigenvalue weighted by atomic mass is 9.84. The number of fused-ring (bicyclic) bond motifs is 2. The molecule has 2 rings (SSSR count). The molecule has 2 aliphatic rings. The lowest BCUT2D eigenvalue weighted by Crippen LogP contribution is -2.31. The maximum atomic E-state index is 3.96. The van der Waals surface area contributed by atoms with Crippen molar-refractivity contribution in [1.82, 2.24) is 5.32 Å². The van der Waals surface area contributed by atoms with E-state index >= 15 is 0 Å². The molecule has 0 aliphatic heterocycles. The van der Waals surface area contributed by atoms with Crippen molar-refractivity contribution in [2.45, 2.75) is 51.5 Å². The van der Waals surface area contributed by atoms with Gasteiger partial charge in [-0.2, -0.15) is 0 Å². The van der Waals surface area contributed by atoms with E-state index in [4.69, 9.17) is 0 Å². The van der Waals surface area contributed by atoms with E-state index in [1.54, 1.807) is 0 Å². The van der Waals surface area contributed by atoms with Gasteiger partial charge in [-0.25, -0.2) is 0 Å². The minimum atomic E-state index is 0.564. The average molecular weight is 207 g/mol. The minimum Gasteiger partial charge on any atom is -0.311 e. The van der Waals surface area contributed by atoms with Gasteiger partial charge in [0.1, 0.15) is 0 Å². The number of rotatable bonds is 6. The van der Waals surface area contributed by atoms with Crippen molar-refractivity contribution in [2.24, 2.45) is 17.8 Å². The molecule has 0 spiro atoms. The Morgan fingerprint density at radius 3 is 2.80 bits per heavy atom. The van der Waals surface area contributed by atoms with Crippen LogP contribution in [-0.2, 0) is 0 Å². The predicted molar refractivity (Wildman–Crippen MR) is 65.8 cm³/mol. The van der Waals surface area contributed by atoms with Crippen molar-refractivity contribution < 1.29 is 0 Å². The summed E-state index contributed by atoms with van der Waals surface area (Å²) in [6.07, 6.45) is 10.7. The fourth-order valence-electron chi connectivity index (χ4n) is 3.58. The van der Waals surface area contributed by atoms with Crippen LogP contribution in [0.1, 0.15) is 45.4 Å². The standard InChI is InChI=1S/C14H25N/c1-3-7-15-14(4-2)10-13-9-11-5-6-12(13)8-11/h4,11-15H,2-3,5-10H2,1H3. The molecule has 1 nitrogen and oxygen atoms in total. The van der Waals surface area contributed by atoms with E-state index in [9.17, 15) is 0 Å². The van der Waals surface area contributed by atoms with E-state index in [0.717, 1.165) is 24.3 Å². The fourth-order valence-corrected chi connectivity index (χ4v) is 3.58. The van der Waals surface area contributed by atoms with E-state index < -0.39 is 0 Å². The summed E-state index contributed by atoms with van der Waals surface area (Å²) in [5, 5.41) is 3.59. The van der Waals surface area contributed by atoms with Crippen molar-refractivity contribution in [3.8, 4) is 0 Å². The molecule has 0 radical (unpaired) electrons. The first-order valence-corrected chi connectivity index (χ1v) is 6.69. The van der Waals surface area contributed by atoms with Crippen molar-refractivity contribution in [1.29, 1.82) is 0 Å². The first-order valence-electron chi connectivity index (χ1n) is 6.69. The highest BCUT2D eigenvalue weighted by molar-refractivity contribution is 4.95. The molecule has 2 aliphatic carbocycles. The Bertz CT molecular complexity index is 211. The Morgan fingerprint density at radius 1 is 1.40 bits per heavy atom. The normalized spacial score (nSPS) is 35.7. The molecule has 4 unspecified atom stereocenters. The molecule has 2 saturated carbocycles. The van der Waals surface area contributed by atoms with Crippen LogP contribution in [0.2, 0.25) is 0 Å². The zero-order valence-electron chi connectivity index (χ0n) is 10.0. The Kier molecular flexibility index (Phi) is 3.85. The molecule has 0 heterocycles. The highest BCUT2D eigenvalue weighted by Gasteiger charge is 2.39. The lowest BCUT2D eigenvalue weighted by Gasteiger charge is -2.25. The maximum absolute atomic E-state index is 3.96. The molecule has 0 aromatic rings. The lowest BCUT2D eigenvalue weighted by molar-refractivity contribution is 0.293. The van der Waals surface area contributed by atoms with Gasteiger partial charge in [0.25, 0.3) is 0 Å². The molecular weight excluding hydrogens is 182 g/mol. The van der Waals surface area contributed by atoms with Gasteiger partial charge in [-0.3, -0.25) is 0 Å². The highest BCUT2D eigenvalue weighted by Crippen LogP contribution is 2.49. The summed E-state index contributed by atoms with van der Waals surface area (Å²) in [6, 6.07) is 0.564. The van der Waals surface area contributed by atoms with Crippen LogP contribution in [0.25, 0.3) is 0 Å². The average Bonchev–Trinajstić information content (AvgIpc) is 2.85. The molecule has 15 heavy (non-hydrogen) atoms. The monoisotopic (exact) mass is 207 g/mol. The van der Waals surface area contributed by atoms with Crippen LogP contribution >= 0.6 is 0 Å². The zero-order chi connectivity index (χ0) is 10.7. The Balaban J connectivity index is 1.77. The molecule has 2 bridgehead atoms. The number of hydrogen-bond acceptors (Lipinski definition) is 1. The second kappa shape index (κ2) is 5.16. The number of hydrogen-bond donors (Lipinski definition) is 1. The molecule has 0 aromatic heterocycles. The van der Waals surface area contributed by atoms with Gasteiger partial charge in [0.05, 0.1) is 0 Å². The Labute approximate surface area is 94.3 Å². The van der Waals surface area contributed by atoms with Crippen LogP contribution in [0.15, 0.2) is 12.7 Å². The number of nitrogens with one attached hydrogen (secondary N) is 1. The van der Waals surface area contributed by atoms with E-state index in [2.05, 4.69) is 24.9 Å². The second-order valence-corrected chi connectivity index (χ2v) is 5.47. The molecule has 1 N–H and O–H groups in total. The third-order valence-electron chi connectivity index (χ3n) is 4.38. The van der Waals surface area contributed by atoms with Gasteiger partial charge in [0.2, 0.25) is 0 Å². The fraction of sp³-hybridized carbons (Fsp3) is 0.857. The summed E-state index contributed by atoms with van der Waals surface area (Å²) in [7, 11) is 0. The van der Waals surface area contributed by atoms with Gasteiger partial charge in [-0.1, -0.05) is 19.4 Å². The van der Waals surface area contributed by atoms with Gasteiger partial charge < -0.3 is 5.32 Å². The molecule has 0 aromatic carbocycles. The Morgan fingerprint density at radius 2 is 2.27 bits per heavy atom. The van der Waals surface area contributed by atoms with Crippen molar-refractivity contribution in [3.63, 3.8) is 0 Å². The van der Waals surface area contributed by atoms with Crippen LogP contribution in [0, 0.1) is 17.8 Å². The van der Waals surface area contributed by atoms with E-state index in [0.29, 0.717) is 6.04 Å². The third-order valence-corrected chi connectivity index (χ3v) is 4.38. The van der Waals surface area contributed by atoms with Gasteiger partial charge >= 0.3 is 0 Å². The SMILES string of the molecule is C=CC(CC1CC2CCC1C2)NCCC. The van der Waals surface area contributed by atoms with Crippen molar-refractivity contribution >= 4 is 0 Å². The Hall–Kier alpha value is -0.300. The van der Waals surface area contributed by atoms with E-state index in [1.807, 2.05) is 0 Å². The summed E-state index contributed by atoms with van der Waals surface area (Å²) < 4.78 is 0. The minimum absolute atomic E-state index is 0.564. The van der Waals surface area contributed by atoms with Gasteiger partial charge in [-0.15, -0.1) is 6.58 Å². The molecule has 0 amide bonds. The first-order chi connectivity index (χ1) is 7.33. The largest absolute Gasteiger partial charge is 0.311 e. The van der Waals surface area contributed by atoms with Gasteiger partial charge in [0.15, 0.2) is 0 Å². The molecule has 2 fully saturated rings. The molecule has 4 atom stereocenters. The van der Waals surface area contributed by atoms with Gasteiger partial charge in [-0.05, 0) is 56.4 Å². The molecule has 86 valence electrons. The summed E-state index contributed by atoms with van der Waals surface area (Å²) in [6.45, 7) is 7.32.